The molecule has 2 rings (SSSR count). The average molecular weight is 251 g/mol. The largest absolute Gasteiger partial charge is 0.296 e. The third-order valence-electron chi connectivity index (χ3n) is 5.13. The van der Waals surface area contributed by atoms with Crippen LogP contribution in [0.15, 0.2) is 0 Å². The molecule has 0 aromatic carbocycles. The van der Waals surface area contributed by atoms with Gasteiger partial charge in [-0.15, -0.1) is 0 Å². The van der Waals surface area contributed by atoms with Gasteiger partial charge < -0.3 is 0 Å². The minimum Gasteiger partial charge on any atom is -0.296 e. The number of piperidine rings is 1. The Morgan fingerprint density at radius 3 is 2.50 bits per heavy atom. The van der Waals surface area contributed by atoms with E-state index in [1.165, 1.54) is 6.42 Å². The van der Waals surface area contributed by atoms with Crippen molar-refractivity contribution in [3.63, 3.8) is 0 Å². The van der Waals surface area contributed by atoms with Crippen molar-refractivity contribution < 1.29 is 9.59 Å². The molecule has 1 aliphatic carbocycles. The summed E-state index contributed by atoms with van der Waals surface area (Å²) in [5, 5.41) is 2.49. The Morgan fingerprint density at radius 2 is 1.89 bits per heavy atom. The Morgan fingerprint density at radius 1 is 1.22 bits per heavy atom. The monoisotopic (exact) mass is 251 g/mol. The second kappa shape index (κ2) is 4.36. The zero-order valence-corrected chi connectivity index (χ0v) is 12.0. The van der Waals surface area contributed by atoms with Gasteiger partial charge in [0, 0.05) is 12.3 Å². The molecule has 1 saturated heterocycles. The molecule has 1 spiro atoms. The molecule has 2 fully saturated rings. The van der Waals surface area contributed by atoms with Crippen molar-refractivity contribution in [3.8, 4) is 0 Å². The minimum atomic E-state index is -0.101. The summed E-state index contributed by atoms with van der Waals surface area (Å²) < 4.78 is 0. The van der Waals surface area contributed by atoms with Crippen molar-refractivity contribution in [3.05, 3.63) is 0 Å². The Labute approximate surface area is 110 Å². The van der Waals surface area contributed by atoms with Crippen LogP contribution in [-0.2, 0) is 9.59 Å². The van der Waals surface area contributed by atoms with Gasteiger partial charge in [0.1, 0.15) is 0 Å². The molecular weight excluding hydrogens is 226 g/mol. The van der Waals surface area contributed by atoms with Gasteiger partial charge in [0.2, 0.25) is 11.8 Å². The SMILES string of the molecule is CC1C(=O)NC(=O)CC12CCCCC2C(C)(C)C. The highest BCUT2D eigenvalue weighted by Crippen LogP contribution is 2.56. The molecule has 2 amide bonds. The molecule has 0 aromatic heterocycles. The highest BCUT2D eigenvalue weighted by atomic mass is 16.2. The van der Waals surface area contributed by atoms with Crippen molar-refractivity contribution in [2.24, 2.45) is 22.7 Å². The first-order valence-electron chi connectivity index (χ1n) is 7.11. The number of carbonyl (C=O) groups is 2. The van der Waals surface area contributed by atoms with Crippen LogP contribution in [-0.4, -0.2) is 11.8 Å². The quantitative estimate of drug-likeness (QED) is 0.673. The predicted octanol–water partition coefficient (Wildman–Crippen LogP) is 2.89. The Kier molecular flexibility index (Phi) is 3.28. The van der Waals surface area contributed by atoms with Crippen LogP contribution in [0.25, 0.3) is 0 Å². The van der Waals surface area contributed by atoms with Gasteiger partial charge in [0.25, 0.3) is 0 Å². The molecule has 3 unspecified atom stereocenters. The van der Waals surface area contributed by atoms with Crippen LogP contribution in [0.3, 0.4) is 0 Å². The Bertz CT molecular complexity index is 369. The van der Waals surface area contributed by atoms with Gasteiger partial charge >= 0.3 is 0 Å². The highest BCUT2D eigenvalue weighted by Gasteiger charge is 2.54. The first-order valence-corrected chi connectivity index (χ1v) is 7.11. The molecule has 1 N–H and O–H groups in total. The third kappa shape index (κ3) is 2.08. The maximum atomic E-state index is 12.0. The van der Waals surface area contributed by atoms with Crippen LogP contribution in [0.4, 0.5) is 0 Å². The smallest absolute Gasteiger partial charge is 0.229 e. The van der Waals surface area contributed by atoms with Crippen LogP contribution < -0.4 is 5.32 Å². The molecule has 3 nitrogen and oxygen atoms in total. The van der Waals surface area contributed by atoms with E-state index in [1.807, 2.05) is 6.92 Å². The van der Waals surface area contributed by atoms with Crippen LogP contribution in [0.5, 0.6) is 0 Å². The molecule has 3 heteroatoms. The van der Waals surface area contributed by atoms with Crippen molar-refractivity contribution in [1.29, 1.82) is 0 Å². The molecule has 0 bridgehead atoms. The summed E-state index contributed by atoms with van der Waals surface area (Å²) in [6.45, 7) is 8.74. The van der Waals surface area contributed by atoms with Gasteiger partial charge in [-0.3, -0.25) is 14.9 Å². The summed E-state index contributed by atoms with van der Waals surface area (Å²) in [5.74, 6) is 0.278. The number of hydrogen-bond acceptors (Lipinski definition) is 2. The van der Waals surface area contributed by atoms with E-state index in [2.05, 4.69) is 26.1 Å². The predicted molar refractivity (Wildman–Crippen MR) is 70.8 cm³/mol. The van der Waals surface area contributed by atoms with Crippen molar-refractivity contribution in [2.45, 2.75) is 59.8 Å². The molecule has 0 aromatic rings. The molecule has 3 atom stereocenters. The molecule has 1 aliphatic heterocycles. The van der Waals surface area contributed by atoms with E-state index in [0.29, 0.717) is 12.3 Å². The molecule has 2 aliphatic rings. The fourth-order valence-corrected chi connectivity index (χ4v) is 4.29. The van der Waals surface area contributed by atoms with Crippen molar-refractivity contribution >= 4 is 11.8 Å². The number of rotatable bonds is 0. The van der Waals surface area contributed by atoms with Crippen LogP contribution >= 0.6 is 0 Å². The second-order valence-corrected chi connectivity index (χ2v) is 7.21. The van der Waals surface area contributed by atoms with Gasteiger partial charge in [-0.05, 0) is 29.6 Å². The Hall–Kier alpha value is -0.860. The maximum Gasteiger partial charge on any atom is 0.229 e. The van der Waals surface area contributed by atoms with Crippen LogP contribution in [0.2, 0.25) is 0 Å². The fraction of sp³-hybridized carbons (Fsp3) is 0.867. The van der Waals surface area contributed by atoms with Crippen LogP contribution in [0, 0.1) is 22.7 Å². The molecule has 18 heavy (non-hydrogen) atoms. The van der Waals surface area contributed by atoms with E-state index in [-0.39, 0.29) is 28.6 Å². The molecule has 102 valence electrons. The summed E-state index contributed by atoms with van der Waals surface area (Å²) in [5.41, 5.74) is 0.0580. The summed E-state index contributed by atoms with van der Waals surface area (Å²) in [7, 11) is 0. The maximum absolute atomic E-state index is 12.0. The van der Waals surface area contributed by atoms with Crippen molar-refractivity contribution in [1.82, 2.24) is 5.32 Å². The van der Waals surface area contributed by atoms with E-state index >= 15 is 0 Å². The molecule has 0 radical (unpaired) electrons. The lowest BCUT2D eigenvalue weighted by molar-refractivity contribution is -0.151. The zero-order valence-electron chi connectivity index (χ0n) is 12.0. The number of carbonyl (C=O) groups excluding carboxylic acids is 2. The first-order chi connectivity index (χ1) is 8.27. The van der Waals surface area contributed by atoms with E-state index in [4.69, 9.17) is 0 Å². The Balaban J connectivity index is 2.40. The van der Waals surface area contributed by atoms with Gasteiger partial charge in [-0.2, -0.15) is 0 Å². The third-order valence-corrected chi connectivity index (χ3v) is 5.13. The number of amides is 2. The second-order valence-electron chi connectivity index (χ2n) is 7.21. The lowest BCUT2D eigenvalue weighted by Gasteiger charge is -2.54. The van der Waals surface area contributed by atoms with E-state index in [9.17, 15) is 9.59 Å². The van der Waals surface area contributed by atoms with Gasteiger partial charge in [0.15, 0.2) is 0 Å². The zero-order chi connectivity index (χ0) is 13.6. The molecular formula is C15H25NO2. The highest BCUT2D eigenvalue weighted by molar-refractivity contribution is 5.99. The molecule has 1 saturated carbocycles. The topological polar surface area (TPSA) is 46.2 Å². The standard InChI is InChI=1S/C15H25NO2/c1-10-13(18)16-12(17)9-15(10)8-6-5-7-11(15)14(2,3)4/h10-11H,5-9H2,1-4H3,(H,16,17,18). The van der Waals surface area contributed by atoms with Crippen LogP contribution in [0.1, 0.15) is 59.8 Å². The first kappa shape index (κ1) is 13.6. The number of imide groups is 1. The normalized spacial score (nSPS) is 37.8. The van der Waals surface area contributed by atoms with Gasteiger partial charge in [-0.1, -0.05) is 40.5 Å². The lowest BCUT2D eigenvalue weighted by atomic mass is 9.51. The summed E-state index contributed by atoms with van der Waals surface area (Å²) in [6.07, 6.45) is 5.08. The van der Waals surface area contributed by atoms with Crippen molar-refractivity contribution in [2.75, 3.05) is 0 Å². The summed E-state index contributed by atoms with van der Waals surface area (Å²) >= 11 is 0. The minimum absolute atomic E-state index is 0.0419. The lowest BCUT2D eigenvalue weighted by Crippen LogP contribution is -2.57. The number of hydrogen-bond donors (Lipinski definition) is 1. The van der Waals surface area contributed by atoms with Gasteiger partial charge in [-0.25, -0.2) is 0 Å². The van der Waals surface area contributed by atoms with E-state index < -0.39 is 0 Å². The summed E-state index contributed by atoms with van der Waals surface area (Å²) in [6, 6.07) is 0. The van der Waals surface area contributed by atoms with E-state index in [1.54, 1.807) is 0 Å². The van der Waals surface area contributed by atoms with Gasteiger partial charge in [0.05, 0.1) is 0 Å². The molecule has 1 heterocycles. The fourth-order valence-electron chi connectivity index (χ4n) is 4.29. The average Bonchev–Trinajstić information content (AvgIpc) is 2.25. The number of nitrogens with one attached hydrogen (secondary N) is 1. The van der Waals surface area contributed by atoms with E-state index in [0.717, 1.165) is 19.3 Å². The summed E-state index contributed by atoms with van der Waals surface area (Å²) in [4.78, 5) is 23.9.